The summed E-state index contributed by atoms with van der Waals surface area (Å²) in [5.41, 5.74) is 0.110. The summed E-state index contributed by atoms with van der Waals surface area (Å²) in [4.78, 5) is 21.7. The molecule has 0 fully saturated rings. The molecular weight excluding hydrogens is 284 g/mol. The van der Waals surface area contributed by atoms with E-state index in [2.05, 4.69) is 10.6 Å². The minimum Gasteiger partial charge on any atom is -0.334 e. The SMILES string of the molecule is CC[C@@H](CC#N)NC(=O)Nc1ccc([N+](=O)[O-])c(Cl)c1. The van der Waals surface area contributed by atoms with Crippen LogP contribution >= 0.6 is 11.6 Å². The lowest BCUT2D eigenvalue weighted by molar-refractivity contribution is -0.384. The number of nitrogens with one attached hydrogen (secondary N) is 2. The van der Waals surface area contributed by atoms with Crippen LogP contribution in [-0.4, -0.2) is 17.0 Å². The second-order valence-electron chi connectivity index (χ2n) is 3.99. The highest BCUT2D eigenvalue weighted by Crippen LogP contribution is 2.27. The third-order valence-electron chi connectivity index (χ3n) is 2.57. The Morgan fingerprint density at radius 1 is 1.60 bits per heavy atom. The van der Waals surface area contributed by atoms with Gasteiger partial charge in [-0.3, -0.25) is 10.1 Å². The first-order chi connectivity index (χ1) is 9.47. The smallest absolute Gasteiger partial charge is 0.319 e. The van der Waals surface area contributed by atoms with Gasteiger partial charge in [-0.25, -0.2) is 4.79 Å². The van der Waals surface area contributed by atoms with E-state index in [1.807, 2.05) is 13.0 Å². The number of nitriles is 1. The Morgan fingerprint density at radius 2 is 2.30 bits per heavy atom. The van der Waals surface area contributed by atoms with Gasteiger partial charge in [-0.05, 0) is 18.6 Å². The summed E-state index contributed by atoms with van der Waals surface area (Å²) >= 11 is 5.73. The number of benzene rings is 1. The first kappa shape index (κ1) is 15.7. The monoisotopic (exact) mass is 296 g/mol. The Balaban J connectivity index is 2.69. The van der Waals surface area contributed by atoms with Gasteiger partial charge in [0.1, 0.15) is 5.02 Å². The van der Waals surface area contributed by atoms with Crippen molar-refractivity contribution in [2.24, 2.45) is 0 Å². The van der Waals surface area contributed by atoms with Crippen molar-refractivity contribution in [1.29, 1.82) is 5.26 Å². The number of amides is 2. The molecule has 0 bridgehead atoms. The molecule has 0 aromatic heterocycles. The van der Waals surface area contributed by atoms with E-state index >= 15 is 0 Å². The van der Waals surface area contributed by atoms with Gasteiger partial charge in [0.25, 0.3) is 5.69 Å². The molecule has 20 heavy (non-hydrogen) atoms. The Morgan fingerprint density at radius 3 is 2.80 bits per heavy atom. The zero-order valence-electron chi connectivity index (χ0n) is 10.7. The minimum atomic E-state index is -0.605. The number of nitro benzene ring substituents is 1. The molecule has 0 saturated heterocycles. The Bertz CT molecular complexity index is 556. The molecule has 0 aliphatic heterocycles. The van der Waals surface area contributed by atoms with E-state index < -0.39 is 11.0 Å². The lowest BCUT2D eigenvalue weighted by Gasteiger charge is -2.14. The van der Waals surface area contributed by atoms with Crippen LogP contribution in [0, 0.1) is 21.4 Å². The van der Waals surface area contributed by atoms with Gasteiger partial charge < -0.3 is 10.6 Å². The lowest BCUT2D eigenvalue weighted by Crippen LogP contribution is -2.37. The molecule has 0 spiro atoms. The summed E-state index contributed by atoms with van der Waals surface area (Å²) in [5.74, 6) is 0. The quantitative estimate of drug-likeness (QED) is 0.643. The fraction of sp³-hybridized carbons (Fsp3) is 0.333. The molecule has 0 aliphatic carbocycles. The van der Waals surface area contributed by atoms with Crippen molar-refractivity contribution in [2.75, 3.05) is 5.32 Å². The zero-order valence-corrected chi connectivity index (χ0v) is 11.5. The van der Waals surface area contributed by atoms with Gasteiger partial charge in [-0.1, -0.05) is 18.5 Å². The molecule has 2 N–H and O–H groups in total. The highest BCUT2D eigenvalue weighted by Gasteiger charge is 2.14. The summed E-state index contributed by atoms with van der Waals surface area (Å²) in [6.45, 7) is 1.85. The van der Waals surface area contributed by atoms with E-state index in [-0.39, 0.29) is 23.2 Å². The van der Waals surface area contributed by atoms with Crippen LogP contribution in [0.2, 0.25) is 5.02 Å². The number of carbonyl (C=O) groups excluding carboxylic acids is 1. The van der Waals surface area contributed by atoms with E-state index in [0.29, 0.717) is 12.1 Å². The second kappa shape index (κ2) is 7.31. The van der Waals surface area contributed by atoms with Gasteiger partial charge in [0.05, 0.1) is 17.4 Å². The van der Waals surface area contributed by atoms with Crippen molar-refractivity contribution >= 4 is 29.0 Å². The summed E-state index contributed by atoms with van der Waals surface area (Å²) in [6.07, 6.45) is 0.840. The summed E-state index contributed by atoms with van der Waals surface area (Å²) in [7, 11) is 0. The third-order valence-corrected chi connectivity index (χ3v) is 2.87. The van der Waals surface area contributed by atoms with Crippen LogP contribution in [0.4, 0.5) is 16.2 Å². The predicted molar refractivity (Wildman–Crippen MR) is 74.6 cm³/mol. The Kier molecular flexibility index (Phi) is 5.74. The number of hydrogen-bond acceptors (Lipinski definition) is 4. The molecule has 0 unspecified atom stereocenters. The first-order valence-corrected chi connectivity index (χ1v) is 6.24. The fourth-order valence-electron chi connectivity index (χ4n) is 1.49. The zero-order chi connectivity index (χ0) is 15.1. The number of carbonyl (C=O) groups is 1. The van der Waals surface area contributed by atoms with Gasteiger partial charge in [-0.15, -0.1) is 0 Å². The predicted octanol–water partition coefficient (Wildman–Crippen LogP) is 3.06. The number of urea groups is 1. The van der Waals surface area contributed by atoms with Crippen LogP contribution in [0.1, 0.15) is 19.8 Å². The largest absolute Gasteiger partial charge is 0.334 e. The minimum absolute atomic E-state index is 0.0585. The third kappa shape index (κ3) is 4.40. The number of halogens is 1. The fourth-order valence-corrected chi connectivity index (χ4v) is 1.74. The van der Waals surface area contributed by atoms with Gasteiger partial charge in [0, 0.05) is 17.8 Å². The van der Waals surface area contributed by atoms with Crippen molar-refractivity contribution in [3.05, 3.63) is 33.3 Å². The van der Waals surface area contributed by atoms with Gasteiger partial charge in [-0.2, -0.15) is 5.26 Å². The topological polar surface area (TPSA) is 108 Å². The average molecular weight is 297 g/mol. The highest BCUT2D eigenvalue weighted by molar-refractivity contribution is 6.33. The maximum Gasteiger partial charge on any atom is 0.319 e. The summed E-state index contributed by atoms with van der Waals surface area (Å²) in [6, 6.07) is 5.14. The molecule has 0 saturated carbocycles. The van der Waals surface area contributed by atoms with E-state index in [9.17, 15) is 14.9 Å². The molecule has 1 atom stereocenters. The molecule has 1 aromatic carbocycles. The van der Waals surface area contributed by atoms with Gasteiger partial charge >= 0.3 is 6.03 Å². The van der Waals surface area contributed by atoms with Crippen molar-refractivity contribution in [2.45, 2.75) is 25.8 Å². The van der Waals surface area contributed by atoms with Crippen LogP contribution in [-0.2, 0) is 0 Å². The number of hydrogen-bond donors (Lipinski definition) is 2. The average Bonchev–Trinajstić information content (AvgIpc) is 2.37. The van der Waals surface area contributed by atoms with E-state index in [1.54, 1.807) is 0 Å². The number of nitro groups is 1. The van der Waals surface area contributed by atoms with Crippen molar-refractivity contribution in [3.8, 4) is 6.07 Å². The van der Waals surface area contributed by atoms with Crippen LogP contribution < -0.4 is 10.6 Å². The van der Waals surface area contributed by atoms with Crippen LogP contribution in [0.25, 0.3) is 0 Å². The molecule has 8 heteroatoms. The molecule has 2 amide bonds. The van der Waals surface area contributed by atoms with E-state index in [0.717, 1.165) is 0 Å². The summed E-state index contributed by atoms with van der Waals surface area (Å²) < 4.78 is 0. The van der Waals surface area contributed by atoms with Crippen LogP contribution in [0.3, 0.4) is 0 Å². The number of nitrogens with zero attached hydrogens (tertiary/aromatic N) is 2. The van der Waals surface area contributed by atoms with E-state index in [4.69, 9.17) is 16.9 Å². The number of anilines is 1. The molecule has 0 heterocycles. The molecule has 0 radical (unpaired) electrons. The maximum absolute atomic E-state index is 11.7. The Labute approximate surface area is 120 Å². The molecule has 7 nitrogen and oxygen atoms in total. The second-order valence-corrected chi connectivity index (χ2v) is 4.40. The van der Waals surface area contributed by atoms with Crippen LogP contribution in [0.5, 0.6) is 0 Å². The Hall–Kier alpha value is -2.33. The molecular formula is C12H13ClN4O3. The molecule has 1 rings (SSSR count). The number of rotatable bonds is 5. The maximum atomic E-state index is 11.7. The van der Waals surface area contributed by atoms with Crippen LogP contribution in [0.15, 0.2) is 18.2 Å². The molecule has 106 valence electrons. The summed E-state index contributed by atoms with van der Waals surface area (Å²) in [5, 5.41) is 24.3. The highest BCUT2D eigenvalue weighted by atomic mass is 35.5. The standard InChI is InChI=1S/C12H13ClN4O3/c1-2-8(5-6-14)15-12(18)16-9-3-4-11(17(19)20)10(13)7-9/h3-4,7-8H,2,5H2,1H3,(H2,15,16,18)/t8-/m0/s1. The van der Waals surface area contributed by atoms with E-state index in [1.165, 1.54) is 18.2 Å². The van der Waals surface area contributed by atoms with Gasteiger partial charge in [0.15, 0.2) is 0 Å². The van der Waals surface area contributed by atoms with Gasteiger partial charge in [0.2, 0.25) is 0 Å². The molecule has 1 aromatic rings. The normalized spacial score (nSPS) is 11.2. The lowest BCUT2D eigenvalue weighted by atomic mass is 10.2. The van der Waals surface area contributed by atoms with Crippen molar-refractivity contribution in [1.82, 2.24) is 5.32 Å². The van der Waals surface area contributed by atoms with Crippen molar-refractivity contribution < 1.29 is 9.72 Å². The molecule has 0 aliphatic rings. The first-order valence-electron chi connectivity index (χ1n) is 5.86. The van der Waals surface area contributed by atoms with Crippen molar-refractivity contribution in [3.63, 3.8) is 0 Å².